The Morgan fingerprint density at radius 3 is 2.44 bits per heavy atom. The minimum Gasteiger partial charge on any atom is -0.381 e. The lowest BCUT2D eigenvalue weighted by Crippen LogP contribution is -2.59. The van der Waals surface area contributed by atoms with Crippen molar-refractivity contribution in [1.29, 1.82) is 0 Å². The van der Waals surface area contributed by atoms with Gasteiger partial charge in [0, 0.05) is 44.1 Å². The van der Waals surface area contributed by atoms with E-state index >= 15 is 0 Å². The average molecular weight is 219 g/mol. The van der Waals surface area contributed by atoms with Crippen LogP contribution in [0.4, 0.5) is 5.95 Å². The van der Waals surface area contributed by atoms with Crippen molar-refractivity contribution in [3.05, 3.63) is 18.0 Å². The summed E-state index contributed by atoms with van der Waals surface area (Å²) >= 11 is 0. The van der Waals surface area contributed by atoms with Crippen molar-refractivity contribution in [3.8, 4) is 0 Å². The van der Waals surface area contributed by atoms with Crippen LogP contribution in [0.15, 0.2) is 12.4 Å². The zero-order chi connectivity index (χ0) is 11.0. The van der Waals surface area contributed by atoms with Gasteiger partial charge in [-0.1, -0.05) is 0 Å². The van der Waals surface area contributed by atoms with Gasteiger partial charge in [-0.05, 0) is 25.3 Å². The molecule has 1 aromatic rings. The van der Waals surface area contributed by atoms with Crippen molar-refractivity contribution in [1.82, 2.24) is 9.97 Å². The monoisotopic (exact) mass is 219 g/mol. The van der Waals surface area contributed by atoms with E-state index in [1.54, 1.807) is 0 Å². The van der Waals surface area contributed by atoms with Crippen molar-refractivity contribution in [2.75, 3.05) is 31.2 Å². The Labute approximate surface area is 95.7 Å². The van der Waals surface area contributed by atoms with E-state index in [4.69, 9.17) is 4.74 Å². The molecule has 1 aromatic heterocycles. The Balaban J connectivity index is 1.66. The molecule has 0 N–H and O–H groups in total. The van der Waals surface area contributed by atoms with Gasteiger partial charge in [-0.15, -0.1) is 0 Å². The van der Waals surface area contributed by atoms with Gasteiger partial charge in [0.15, 0.2) is 0 Å². The molecule has 0 aromatic carbocycles. The summed E-state index contributed by atoms with van der Waals surface area (Å²) in [5, 5.41) is 0. The van der Waals surface area contributed by atoms with Gasteiger partial charge in [-0.25, -0.2) is 9.97 Å². The second-order valence-electron chi connectivity index (χ2n) is 5.03. The smallest absolute Gasteiger partial charge is 0.225 e. The molecule has 3 rings (SSSR count). The normalized spacial score (nSPS) is 23.2. The lowest BCUT2D eigenvalue weighted by Gasteiger charge is -2.52. The quantitative estimate of drug-likeness (QED) is 0.715. The molecule has 2 saturated heterocycles. The summed E-state index contributed by atoms with van der Waals surface area (Å²) in [6, 6.07) is 0. The number of ether oxygens (including phenoxy) is 1. The van der Waals surface area contributed by atoms with Gasteiger partial charge in [-0.2, -0.15) is 0 Å². The van der Waals surface area contributed by atoms with Crippen LogP contribution in [0.5, 0.6) is 0 Å². The third kappa shape index (κ3) is 1.67. The van der Waals surface area contributed by atoms with E-state index in [0.717, 1.165) is 37.8 Å². The molecule has 0 bridgehead atoms. The number of aromatic nitrogens is 2. The molecular formula is C12H17N3O. The van der Waals surface area contributed by atoms with E-state index in [1.165, 1.54) is 12.8 Å². The van der Waals surface area contributed by atoms with Crippen LogP contribution < -0.4 is 4.90 Å². The van der Waals surface area contributed by atoms with Gasteiger partial charge in [0.25, 0.3) is 0 Å². The first-order valence-corrected chi connectivity index (χ1v) is 5.89. The summed E-state index contributed by atoms with van der Waals surface area (Å²) in [6.45, 7) is 6.05. The first kappa shape index (κ1) is 10.0. The Bertz CT molecular complexity index is 362. The molecule has 2 fully saturated rings. The lowest BCUT2D eigenvalue weighted by molar-refractivity contribution is -0.000738. The molecule has 4 heteroatoms. The highest BCUT2D eigenvalue weighted by Crippen LogP contribution is 2.40. The average Bonchev–Trinajstić information content (AvgIpc) is 2.28. The molecular weight excluding hydrogens is 202 g/mol. The van der Waals surface area contributed by atoms with E-state index in [2.05, 4.69) is 14.9 Å². The molecule has 1 spiro atoms. The number of aryl methyl sites for hydroxylation is 1. The fraction of sp³-hybridized carbons (Fsp3) is 0.667. The predicted octanol–water partition coefficient (Wildman–Crippen LogP) is 1.40. The highest BCUT2D eigenvalue weighted by atomic mass is 16.5. The number of nitrogens with zero attached hydrogens (tertiary/aromatic N) is 3. The van der Waals surface area contributed by atoms with Crippen LogP contribution in [0.2, 0.25) is 0 Å². The Morgan fingerprint density at radius 1 is 1.19 bits per heavy atom. The second-order valence-corrected chi connectivity index (χ2v) is 5.03. The first-order chi connectivity index (χ1) is 7.77. The van der Waals surface area contributed by atoms with Gasteiger partial charge in [-0.3, -0.25) is 0 Å². The number of rotatable bonds is 1. The third-order valence-electron chi connectivity index (χ3n) is 3.66. The van der Waals surface area contributed by atoms with Crippen LogP contribution in [0, 0.1) is 12.3 Å². The molecule has 4 nitrogen and oxygen atoms in total. The fourth-order valence-corrected chi connectivity index (χ4v) is 2.57. The topological polar surface area (TPSA) is 38.2 Å². The van der Waals surface area contributed by atoms with Crippen molar-refractivity contribution in [2.24, 2.45) is 5.41 Å². The Morgan fingerprint density at radius 2 is 1.81 bits per heavy atom. The van der Waals surface area contributed by atoms with Crippen molar-refractivity contribution < 1.29 is 4.74 Å². The SMILES string of the molecule is Cc1cnc(N2CC3(CCOCC3)C2)nc1. The van der Waals surface area contributed by atoms with Crippen LogP contribution in [0.25, 0.3) is 0 Å². The number of anilines is 1. The van der Waals surface area contributed by atoms with Crippen molar-refractivity contribution in [2.45, 2.75) is 19.8 Å². The van der Waals surface area contributed by atoms with E-state index in [0.29, 0.717) is 5.41 Å². The van der Waals surface area contributed by atoms with Crippen molar-refractivity contribution in [3.63, 3.8) is 0 Å². The summed E-state index contributed by atoms with van der Waals surface area (Å²) in [4.78, 5) is 11.0. The van der Waals surface area contributed by atoms with Crippen LogP contribution in [-0.4, -0.2) is 36.3 Å². The zero-order valence-corrected chi connectivity index (χ0v) is 9.65. The highest BCUT2D eigenvalue weighted by molar-refractivity contribution is 5.36. The van der Waals surface area contributed by atoms with E-state index in [9.17, 15) is 0 Å². The molecule has 0 aliphatic carbocycles. The van der Waals surface area contributed by atoms with Crippen LogP contribution >= 0.6 is 0 Å². The van der Waals surface area contributed by atoms with Gasteiger partial charge in [0.05, 0.1) is 0 Å². The highest BCUT2D eigenvalue weighted by Gasteiger charge is 2.44. The molecule has 0 amide bonds. The largest absolute Gasteiger partial charge is 0.381 e. The summed E-state index contributed by atoms with van der Waals surface area (Å²) < 4.78 is 5.41. The molecule has 3 heterocycles. The van der Waals surface area contributed by atoms with Crippen LogP contribution in [-0.2, 0) is 4.74 Å². The van der Waals surface area contributed by atoms with E-state index in [-0.39, 0.29) is 0 Å². The standard InChI is InChI=1S/C12H17N3O/c1-10-6-13-11(14-7-10)15-8-12(9-15)2-4-16-5-3-12/h6-7H,2-5,8-9H2,1H3. The molecule has 0 atom stereocenters. The lowest BCUT2D eigenvalue weighted by atomic mass is 9.73. The Kier molecular flexibility index (Phi) is 2.32. The summed E-state index contributed by atoms with van der Waals surface area (Å²) in [5.74, 6) is 0.878. The first-order valence-electron chi connectivity index (χ1n) is 5.89. The minimum atomic E-state index is 0.493. The van der Waals surface area contributed by atoms with Gasteiger partial charge < -0.3 is 9.64 Å². The fourth-order valence-electron chi connectivity index (χ4n) is 2.57. The van der Waals surface area contributed by atoms with Crippen molar-refractivity contribution >= 4 is 5.95 Å². The van der Waals surface area contributed by atoms with E-state index in [1.807, 2.05) is 19.3 Å². The maximum Gasteiger partial charge on any atom is 0.225 e. The molecule has 0 radical (unpaired) electrons. The molecule has 0 saturated carbocycles. The van der Waals surface area contributed by atoms with Gasteiger partial charge >= 0.3 is 0 Å². The maximum atomic E-state index is 5.41. The molecule has 2 aliphatic heterocycles. The number of hydrogen-bond donors (Lipinski definition) is 0. The minimum absolute atomic E-state index is 0.493. The Hall–Kier alpha value is -1.16. The molecule has 2 aliphatic rings. The third-order valence-corrected chi connectivity index (χ3v) is 3.66. The predicted molar refractivity (Wildman–Crippen MR) is 61.5 cm³/mol. The van der Waals surface area contributed by atoms with Gasteiger partial charge in [0.2, 0.25) is 5.95 Å². The summed E-state index contributed by atoms with van der Waals surface area (Å²) in [5.41, 5.74) is 1.61. The summed E-state index contributed by atoms with van der Waals surface area (Å²) in [7, 11) is 0. The maximum absolute atomic E-state index is 5.41. The molecule has 16 heavy (non-hydrogen) atoms. The zero-order valence-electron chi connectivity index (χ0n) is 9.65. The van der Waals surface area contributed by atoms with Crippen LogP contribution in [0.1, 0.15) is 18.4 Å². The molecule has 86 valence electrons. The van der Waals surface area contributed by atoms with Crippen LogP contribution in [0.3, 0.4) is 0 Å². The van der Waals surface area contributed by atoms with E-state index < -0.39 is 0 Å². The second kappa shape index (κ2) is 3.70. The summed E-state index contributed by atoms with van der Waals surface area (Å²) in [6.07, 6.45) is 6.15. The van der Waals surface area contributed by atoms with Gasteiger partial charge in [0.1, 0.15) is 0 Å². The molecule has 0 unspecified atom stereocenters. The number of hydrogen-bond acceptors (Lipinski definition) is 4.